The number of rotatable bonds is 3. The van der Waals surface area contributed by atoms with Crippen molar-refractivity contribution in [1.82, 2.24) is 9.78 Å². The molecule has 6 heteroatoms. The Labute approximate surface area is 120 Å². The fourth-order valence-electron chi connectivity index (χ4n) is 2.19. The molecule has 1 heterocycles. The Bertz CT molecular complexity index is 811. The Morgan fingerprint density at radius 1 is 1.05 bits per heavy atom. The molecule has 0 saturated heterocycles. The number of hydrogen-bond donors (Lipinski definition) is 1. The fraction of sp³-hybridized carbons (Fsp3) is 0. The SMILES string of the molecule is O=[N+]([O-])c1ccccc1-n1nccc1-c1ccccc1O. The molecule has 1 aromatic heterocycles. The van der Waals surface area contributed by atoms with Gasteiger partial charge >= 0.3 is 0 Å². The highest BCUT2D eigenvalue weighted by molar-refractivity contribution is 5.69. The van der Waals surface area contributed by atoms with E-state index in [0.717, 1.165) is 0 Å². The number of phenolic OH excluding ortho intramolecular Hbond substituents is 1. The van der Waals surface area contributed by atoms with Crippen molar-refractivity contribution in [2.45, 2.75) is 0 Å². The second-order valence-electron chi connectivity index (χ2n) is 4.39. The summed E-state index contributed by atoms with van der Waals surface area (Å²) in [5.41, 5.74) is 1.46. The summed E-state index contributed by atoms with van der Waals surface area (Å²) in [6, 6.07) is 14.8. The molecule has 104 valence electrons. The molecule has 0 fully saturated rings. The molecule has 21 heavy (non-hydrogen) atoms. The molecule has 0 atom stereocenters. The van der Waals surface area contributed by atoms with Gasteiger partial charge in [0.15, 0.2) is 0 Å². The number of nitrogens with zero attached hydrogens (tertiary/aromatic N) is 3. The van der Waals surface area contributed by atoms with Crippen LogP contribution in [0.3, 0.4) is 0 Å². The van der Waals surface area contributed by atoms with Crippen LogP contribution < -0.4 is 0 Å². The molecule has 3 rings (SSSR count). The topological polar surface area (TPSA) is 81.2 Å². The molecular weight excluding hydrogens is 270 g/mol. The van der Waals surface area contributed by atoms with Crippen LogP contribution in [0.4, 0.5) is 5.69 Å². The van der Waals surface area contributed by atoms with E-state index in [0.29, 0.717) is 16.9 Å². The molecule has 0 radical (unpaired) electrons. The van der Waals surface area contributed by atoms with Crippen molar-refractivity contribution in [2.75, 3.05) is 0 Å². The molecule has 6 nitrogen and oxygen atoms in total. The zero-order valence-corrected chi connectivity index (χ0v) is 10.9. The van der Waals surface area contributed by atoms with Gasteiger partial charge in [0, 0.05) is 11.6 Å². The standard InChI is InChI=1S/C15H11N3O3/c19-15-8-4-1-5-11(15)12-9-10-16-17(12)13-6-2-3-7-14(13)18(20)21/h1-10,19H. The molecule has 1 N–H and O–H groups in total. The molecule has 0 aliphatic rings. The van der Waals surface area contributed by atoms with E-state index in [9.17, 15) is 15.2 Å². The van der Waals surface area contributed by atoms with Gasteiger partial charge in [0.05, 0.1) is 16.8 Å². The minimum Gasteiger partial charge on any atom is -0.507 e. The lowest BCUT2D eigenvalue weighted by molar-refractivity contribution is -0.384. The number of phenols is 1. The number of aromatic hydroxyl groups is 1. The monoisotopic (exact) mass is 281 g/mol. The zero-order valence-electron chi connectivity index (χ0n) is 10.9. The Morgan fingerprint density at radius 2 is 1.76 bits per heavy atom. The normalized spacial score (nSPS) is 10.5. The smallest absolute Gasteiger partial charge is 0.294 e. The number of nitro benzene ring substituents is 1. The molecule has 0 saturated carbocycles. The Kier molecular flexibility index (Phi) is 3.12. The number of benzene rings is 2. The average Bonchev–Trinajstić information content (AvgIpc) is 2.96. The molecule has 0 spiro atoms. The van der Waals surface area contributed by atoms with Gasteiger partial charge < -0.3 is 5.11 Å². The van der Waals surface area contributed by atoms with E-state index in [-0.39, 0.29) is 11.4 Å². The van der Waals surface area contributed by atoms with Crippen LogP contribution >= 0.6 is 0 Å². The van der Waals surface area contributed by atoms with Gasteiger partial charge in [-0.1, -0.05) is 24.3 Å². The first-order valence-corrected chi connectivity index (χ1v) is 6.24. The minimum atomic E-state index is -0.453. The summed E-state index contributed by atoms with van der Waals surface area (Å²) in [6.07, 6.45) is 1.54. The first-order chi connectivity index (χ1) is 10.2. The Hall–Kier alpha value is -3.15. The Morgan fingerprint density at radius 3 is 2.52 bits per heavy atom. The molecule has 0 amide bonds. The van der Waals surface area contributed by atoms with Gasteiger partial charge in [-0.15, -0.1) is 0 Å². The fourth-order valence-corrected chi connectivity index (χ4v) is 2.19. The van der Waals surface area contributed by atoms with Crippen LogP contribution in [0, 0.1) is 10.1 Å². The second-order valence-corrected chi connectivity index (χ2v) is 4.39. The summed E-state index contributed by atoms with van der Waals surface area (Å²) in [5, 5.41) is 25.3. The van der Waals surface area contributed by atoms with Crippen LogP contribution in [0.1, 0.15) is 0 Å². The van der Waals surface area contributed by atoms with E-state index in [2.05, 4.69) is 5.10 Å². The maximum absolute atomic E-state index is 11.1. The van der Waals surface area contributed by atoms with Crippen molar-refractivity contribution in [3.05, 3.63) is 70.9 Å². The summed E-state index contributed by atoms with van der Waals surface area (Å²) in [5.74, 6) is 0.0952. The van der Waals surface area contributed by atoms with Gasteiger partial charge in [0.1, 0.15) is 11.4 Å². The summed E-state index contributed by atoms with van der Waals surface area (Å²) in [6.45, 7) is 0. The zero-order chi connectivity index (χ0) is 14.8. The average molecular weight is 281 g/mol. The Balaban J connectivity index is 2.22. The highest BCUT2D eigenvalue weighted by Crippen LogP contribution is 2.32. The predicted molar refractivity (Wildman–Crippen MR) is 77.3 cm³/mol. The molecule has 0 bridgehead atoms. The molecular formula is C15H11N3O3. The summed E-state index contributed by atoms with van der Waals surface area (Å²) < 4.78 is 1.45. The number of para-hydroxylation sites is 3. The van der Waals surface area contributed by atoms with Crippen molar-refractivity contribution in [2.24, 2.45) is 0 Å². The third kappa shape index (κ3) is 2.23. The summed E-state index contributed by atoms with van der Waals surface area (Å²) in [4.78, 5) is 10.7. The summed E-state index contributed by atoms with van der Waals surface area (Å²) >= 11 is 0. The van der Waals surface area contributed by atoms with Crippen LogP contribution in [0.25, 0.3) is 16.9 Å². The van der Waals surface area contributed by atoms with Crippen molar-refractivity contribution in [3.63, 3.8) is 0 Å². The van der Waals surface area contributed by atoms with E-state index >= 15 is 0 Å². The van der Waals surface area contributed by atoms with E-state index in [1.165, 1.54) is 10.7 Å². The van der Waals surface area contributed by atoms with Crippen LogP contribution in [0.5, 0.6) is 5.75 Å². The van der Waals surface area contributed by atoms with Crippen LogP contribution in [-0.2, 0) is 0 Å². The maximum atomic E-state index is 11.1. The lowest BCUT2D eigenvalue weighted by atomic mass is 10.1. The third-order valence-corrected chi connectivity index (χ3v) is 3.13. The molecule has 3 aromatic rings. The molecule has 0 aliphatic heterocycles. The molecule has 2 aromatic carbocycles. The number of nitro groups is 1. The highest BCUT2D eigenvalue weighted by atomic mass is 16.6. The van der Waals surface area contributed by atoms with Crippen LogP contribution in [0.15, 0.2) is 60.8 Å². The quantitative estimate of drug-likeness (QED) is 0.590. The van der Waals surface area contributed by atoms with E-state index < -0.39 is 4.92 Å². The van der Waals surface area contributed by atoms with E-state index in [1.807, 2.05) is 0 Å². The highest BCUT2D eigenvalue weighted by Gasteiger charge is 2.18. The minimum absolute atomic E-state index is 0.0436. The summed E-state index contributed by atoms with van der Waals surface area (Å²) in [7, 11) is 0. The van der Waals surface area contributed by atoms with Crippen LogP contribution in [0.2, 0.25) is 0 Å². The maximum Gasteiger partial charge on any atom is 0.294 e. The van der Waals surface area contributed by atoms with Crippen molar-refractivity contribution in [3.8, 4) is 22.7 Å². The van der Waals surface area contributed by atoms with Gasteiger partial charge in [-0.3, -0.25) is 10.1 Å². The van der Waals surface area contributed by atoms with Gasteiger partial charge in [-0.25, -0.2) is 4.68 Å². The second kappa shape index (κ2) is 5.09. The van der Waals surface area contributed by atoms with Crippen molar-refractivity contribution < 1.29 is 10.0 Å². The lowest BCUT2D eigenvalue weighted by Crippen LogP contribution is -2.03. The van der Waals surface area contributed by atoms with Crippen molar-refractivity contribution in [1.29, 1.82) is 0 Å². The predicted octanol–water partition coefficient (Wildman–Crippen LogP) is 3.15. The van der Waals surface area contributed by atoms with Gasteiger partial charge in [0.2, 0.25) is 0 Å². The third-order valence-electron chi connectivity index (χ3n) is 3.13. The lowest BCUT2D eigenvalue weighted by Gasteiger charge is -2.09. The van der Waals surface area contributed by atoms with Crippen molar-refractivity contribution >= 4 is 5.69 Å². The first kappa shape index (κ1) is 12.9. The number of aromatic nitrogens is 2. The van der Waals surface area contributed by atoms with Gasteiger partial charge in [-0.05, 0) is 24.3 Å². The molecule has 0 unspecified atom stereocenters. The molecule has 0 aliphatic carbocycles. The van der Waals surface area contributed by atoms with Gasteiger partial charge in [-0.2, -0.15) is 5.10 Å². The van der Waals surface area contributed by atoms with Gasteiger partial charge in [0.25, 0.3) is 5.69 Å². The van der Waals surface area contributed by atoms with Crippen LogP contribution in [-0.4, -0.2) is 19.8 Å². The van der Waals surface area contributed by atoms with E-state index in [1.54, 1.807) is 54.7 Å². The largest absolute Gasteiger partial charge is 0.507 e. The van der Waals surface area contributed by atoms with E-state index in [4.69, 9.17) is 0 Å². The first-order valence-electron chi connectivity index (χ1n) is 6.24. The number of hydrogen-bond acceptors (Lipinski definition) is 4.